The summed E-state index contributed by atoms with van der Waals surface area (Å²) in [5.41, 5.74) is 12.2. The summed E-state index contributed by atoms with van der Waals surface area (Å²) in [5.74, 6) is 0.718. The summed E-state index contributed by atoms with van der Waals surface area (Å²) in [4.78, 5) is 10.2. The second kappa shape index (κ2) is 12.4. The van der Waals surface area contributed by atoms with Gasteiger partial charge in [0.05, 0.1) is 22.2 Å². The van der Waals surface area contributed by atoms with E-state index in [-0.39, 0.29) is 0 Å². The number of aromatic nitrogens is 3. The molecule has 0 amide bonds. The van der Waals surface area contributed by atoms with Crippen molar-refractivity contribution in [3.05, 3.63) is 188 Å². The fourth-order valence-electron chi connectivity index (χ4n) is 8.01. The van der Waals surface area contributed by atoms with Crippen molar-refractivity contribution in [2.24, 2.45) is 0 Å². The van der Waals surface area contributed by atoms with Gasteiger partial charge in [-0.25, -0.2) is 9.97 Å². The van der Waals surface area contributed by atoms with Crippen LogP contribution in [0.3, 0.4) is 0 Å². The molecule has 3 heterocycles. The molecule has 0 radical (unpaired) electrons. The number of nitrogens with zero attached hydrogens (tertiary/aromatic N) is 3. The van der Waals surface area contributed by atoms with Crippen molar-refractivity contribution in [2.75, 3.05) is 0 Å². The van der Waals surface area contributed by atoms with Crippen LogP contribution in [0.1, 0.15) is 0 Å². The van der Waals surface area contributed by atoms with Gasteiger partial charge < -0.3 is 4.57 Å². The van der Waals surface area contributed by atoms with Crippen molar-refractivity contribution in [1.29, 1.82) is 0 Å². The molecular formula is C50H31N3S. The van der Waals surface area contributed by atoms with Crippen LogP contribution in [0.15, 0.2) is 188 Å². The van der Waals surface area contributed by atoms with Gasteiger partial charge in [0.15, 0.2) is 5.82 Å². The summed E-state index contributed by atoms with van der Waals surface area (Å²) in [6.07, 6.45) is 0. The van der Waals surface area contributed by atoms with Crippen LogP contribution in [0.25, 0.3) is 103 Å². The van der Waals surface area contributed by atoms with Crippen LogP contribution in [0.5, 0.6) is 0 Å². The molecule has 0 atom stereocenters. The number of hydrogen-bond acceptors (Lipinski definition) is 3. The Morgan fingerprint density at radius 2 is 0.981 bits per heavy atom. The maximum atomic E-state index is 5.19. The number of benzene rings is 8. The predicted molar refractivity (Wildman–Crippen MR) is 229 cm³/mol. The average Bonchev–Trinajstić information content (AvgIpc) is 3.79. The molecule has 252 valence electrons. The molecule has 0 bridgehead atoms. The Balaban J connectivity index is 1.02. The normalized spacial score (nSPS) is 11.7. The minimum Gasteiger partial charge on any atom is -0.309 e. The first-order valence-electron chi connectivity index (χ1n) is 18.2. The Bertz CT molecular complexity index is 3180. The lowest BCUT2D eigenvalue weighted by atomic mass is 10.00. The minimum absolute atomic E-state index is 0.718. The Hall–Kier alpha value is -6.88. The topological polar surface area (TPSA) is 30.7 Å². The van der Waals surface area contributed by atoms with Crippen LogP contribution in [0.2, 0.25) is 0 Å². The fraction of sp³-hybridized carbons (Fsp3) is 0. The lowest BCUT2D eigenvalue weighted by Crippen LogP contribution is -1.95. The minimum atomic E-state index is 0.718. The van der Waals surface area contributed by atoms with Crippen LogP contribution in [-0.2, 0) is 0 Å². The molecule has 0 saturated heterocycles. The molecule has 0 unspecified atom stereocenters. The molecule has 11 aromatic rings. The molecule has 54 heavy (non-hydrogen) atoms. The molecule has 0 aliphatic rings. The van der Waals surface area contributed by atoms with Gasteiger partial charge in [0, 0.05) is 53.1 Å². The lowest BCUT2D eigenvalue weighted by molar-refractivity contribution is 1.18. The van der Waals surface area contributed by atoms with Crippen molar-refractivity contribution < 1.29 is 0 Å². The first-order valence-corrected chi connectivity index (χ1v) is 19.1. The molecule has 0 aliphatic carbocycles. The van der Waals surface area contributed by atoms with Crippen LogP contribution < -0.4 is 0 Å². The van der Waals surface area contributed by atoms with Gasteiger partial charge in [-0.3, -0.25) is 0 Å². The highest BCUT2D eigenvalue weighted by atomic mass is 32.1. The quantitative estimate of drug-likeness (QED) is 0.178. The summed E-state index contributed by atoms with van der Waals surface area (Å²) >= 11 is 1.89. The van der Waals surface area contributed by atoms with E-state index in [2.05, 4.69) is 180 Å². The molecule has 0 aliphatic heterocycles. The first-order chi connectivity index (χ1) is 26.8. The zero-order chi connectivity index (χ0) is 35.6. The van der Waals surface area contributed by atoms with Gasteiger partial charge in [0.25, 0.3) is 0 Å². The van der Waals surface area contributed by atoms with Gasteiger partial charge in [-0.15, -0.1) is 11.3 Å². The van der Waals surface area contributed by atoms with Gasteiger partial charge in [0.1, 0.15) is 0 Å². The zero-order valence-electron chi connectivity index (χ0n) is 29.1. The maximum Gasteiger partial charge on any atom is 0.160 e. The first kappa shape index (κ1) is 30.7. The van der Waals surface area contributed by atoms with Crippen molar-refractivity contribution in [3.63, 3.8) is 0 Å². The summed E-state index contributed by atoms with van der Waals surface area (Å²) in [5, 5.41) is 6.23. The molecule has 4 heteroatoms. The van der Waals surface area contributed by atoms with E-state index in [4.69, 9.17) is 9.97 Å². The third-order valence-corrected chi connectivity index (χ3v) is 11.8. The van der Waals surface area contributed by atoms with Gasteiger partial charge in [-0.1, -0.05) is 146 Å². The Kier molecular flexibility index (Phi) is 7.04. The summed E-state index contributed by atoms with van der Waals surface area (Å²) in [7, 11) is 0. The highest BCUT2D eigenvalue weighted by Crippen LogP contribution is 2.44. The van der Waals surface area contributed by atoms with Crippen molar-refractivity contribution in [3.8, 4) is 50.6 Å². The smallest absolute Gasteiger partial charge is 0.160 e. The van der Waals surface area contributed by atoms with Crippen molar-refractivity contribution >= 4 is 64.2 Å². The van der Waals surface area contributed by atoms with E-state index in [1.165, 1.54) is 58.7 Å². The molecule has 8 aromatic carbocycles. The molecule has 11 rings (SSSR count). The standard InChI is InChI=1S/C50H31N3S/c1-3-11-32(12-4-1)33-19-23-35(24-20-33)48-41-16-7-9-17-43(41)51-50(52-48)36-25-21-34(22-26-36)37-27-29-44-42(31-37)47-45(53(44)38-13-5-2-6-14-38)30-28-40-39-15-8-10-18-46(39)54-49(40)47/h1-31H. The Morgan fingerprint density at radius 3 is 1.78 bits per heavy atom. The van der Waals surface area contributed by atoms with E-state index in [1.807, 2.05) is 23.5 Å². The number of thiophene rings is 1. The van der Waals surface area contributed by atoms with Crippen LogP contribution in [-0.4, -0.2) is 14.5 Å². The van der Waals surface area contributed by atoms with Gasteiger partial charge in [-0.05, 0) is 64.7 Å². The van der Waals surface area contributed by atoms with E-state index in [0.29, 0.717) is 0 Å². The van der Waals surface area contributed by atoms with Crippen molar-refractivity contribution in [2.45, 2.75) is 0 Å². The second-order valence-corrected chi connectivity index (χ2v) is 14.8. The van der Waals surface area contributed by atoms with Crippen molar-refractivity contribution in [1.82, 2.24) is 14.5 Å². The number of hydrogen-bond donors (Lipinski definition) is 0. The van der Waals surface area contributed by atoms with Gasteiger partial charge in [-0.2, -0.15) is 0 Å². The third kappa shape index (κ3) is 4.96. The van der Waals surface area contributed by atoms with Crippen LogP contribution >= 0.6 is 11.3 Å². The zero-order valence-corrected chi connectivity index (χ0v) is 30.0. The summed E-state index contributed by atoms with van der Waals surface area (Å²) in [6, 6.07) is 67.1. The van der Waals surface area contributed by atoms with E-state index < -0.39 is 0 Å². The Labute approximate surface area is 316 Å². The van der Waals surface area contributed by atoms with E-state index >= 15 is 0 Å². The largest absolute Gasteiger partial charge is 0.309 e. The molecule has 3 aromatic heterocycles. The Morgan fingerprint density at radius 1 is 0.389 bits per heavy atom. The van der Waals surface area contributed by atoms with E-state index in [9.17, 15) is 0 Å². The highest BCUT2D eigenvalue weighted by molar-refractivity contribution is 7.26. The molecule has 0 fully saturated rings. The summed E-state index contributed by atoms with van der Waals surface area (Å²) < 4.78 is 5.06. The molecule has 0 N–H and O–H groups in total. The third-order valence-electron chi connectivity index (χ3n) is 10.6. The number of rotatable bonds is 5. The monoisotopic (exact) mass is 705 g/mol. The van der Waals surface area contributed by atoms with Gasteiger partial charge in [0.2, 0.25) is 0 Å². The molecule has 0 saturated carbocycles. The maximum absolute atomic E-state index is 5.19. The number of para-hydroxylation sites is 2. The second-order valence-electron chi connectivity index (χ2n) is 13.8. The molecule has 0 spiro atoms. The van der Waals surface area contributed by atoms with Gasteiger partial charge >= 0.3 is 0 Å². The molecular weight excluding hydrogens is 675 g/mol. The molecule has 3 nitrogen and oxygen atoms in total. The van der Waals surface area contributed by atoms with E-state index in [1.54, 1.807) is 0 Å². The van der Waals surface area contributed by atoms with Crippen LogP contribution in [0.4, 0.5) is 0 Å². The predicted octanol–water partition coefficient (Wildman–Crippen LogP) is 13.8. The summed E-state index contributed by atoms with van der Waals surface area (Å²) in [6.45, 7) is 0. The SMILES string of the molecule is c1ccc(-c2ccc(-c3nc(-c4ccc(-c5ccc6c(c5)c5c7sc8ccccc8c7ccc5n6-c5ccccc5)cc4)nc4ccccc34)cc2)cc1. The lowest BCUT2D eigenvalue weighted by Gasteiger charge is -2.11. The average molecular weight is 706 g/mol. The highest BCUT2D eigenvalue weighted by Gasteiger charge is 2.19. The fourth-order valence-corrected chi connectivity index (χ4v) is 9.27. The number of fused-ring (bicyclic) bond motifs is 8. The van der Waals surface area contributed by atoms with Crippen LogP contribution in [0, 0.1) is 0 Å². The van der Waals surface area contributed by atoms with E-state index in [0.717, 1.165) is 44.8 Å².